The summed E-state index contributed by atoms with van der Waals surface area (Å²) >= 11 is 1.44. The minimum Gasteiger partial charge on any atom is -0.321 e. The van der Waals surface area contributed by atoms with Crippen molar-refractivity contribution in [2.24, 2.45) is 0 Å². The van der Waals surface area contributed by atoms with Gasteiger partial charge in [-0.1, -0.05) is 82.8 Å². The molecule has 1 aliphatic carbocycles. The summed E-state index contributed by atoms with van der Waals surface area (Å²) in [7, 11) is 0. The molecule has 1 aliphatic rings. The Hall–Kier alpha value is -1.68. The number of nitrogens with zero attached hydrogens (tertiary/aromatic N) is 1. The van der Waals surface area contributed by atoms with Crippen LogP contribution in [0.4, 0.5) is 5.69 Å². The maximum absolute atomic E-state index is 12.2. The van der Waals surface area contributed by atoms with Gasteiger partial charge in [0.2, 0.25) is 0 Å². The highest BCUT2D eigenvalue weighted by Gasteiger charge is 2.13. The van der Waals surface area contributed by atoms with Crippen LogP contribution in [-0.2, 0) is 0 Å². The minimum absolute atomic E-state index is 0.132. The number of carbonyl (C=O) groups is 1. The molecule has 0 spiro atoms. The molecule has 1 amide bonds. The second-order valence-corrected chi connectivity index (χ2v) is 8.83. The largest absolute Gasteiger partial charge is 0.321 e. The highest BCUT2D eigenvalue weighted by atomic mass is 32.1. The van der Waals surface area contributed by atoms with E-state index in [1.54, 1.807) is 10.9 Å². The van der Waals surface area contributed by atoms with Crippen molar-refractivity contribution < 1.29 is 4.79 Å². The van der Waals surface area contributed by atoms with Gasteiger partial charge in [0, 0.05) is 11.1 Å². The Kier molecular flexibility index (Phi) is 9.02. The average Bonchev–Trinajstić information content (AvgIpc) is 3.25. The van der Waals surface area contributed by atoms with Crippen molar-refractivity contribution in [2.75, 3.05) is 5.32 Å². The quantitative estimate of drug-likeness (QED) is 0.579. The molecular formula is C24H34N2OS. The number of amides is 1. The Bertz CT molecular complexity index is 667. The number of nitrogens with one attached hydrogen (secondary N) is 1. The molecule has 3 rings (SSSR count). The molecule has 3 nitrogen and oxygen atoms in total. The van der Waals surface area contributed by atoms with Crippen molar-refractivity contribution in [1.82, 2.24) is 4.98 Å². The standard InChI is InChI=1S/C24H34N2OS/c27-24(23-18-28-19-25-23)26-22-16-14-21(15-17-22)20-12-10-8-6-4-2-1-3-5-7-9-11-13-20/h14-20H,1-13H2,(H,26,27). The molecule has 1 N–H and O–H groups in total. The zero-order valence-corrected chi connectivity index (χ0v) is 17.8. The van der Waals surface area contributed by atoms with Crippen LogP contribution in [0.15, 0.2) is 35.2 Å². The molecular weight excluding hydrogens is 364 g/mol. The van der Waals surface area contributed by atoms with Gasteiger partial charge in [0.25, 0.3) is 5.91 Å². The Morgan fingerprint density at radius 2 is 1.36 bits per heavy atom. The van der Waals surface area contributed by atoms with Gasteiger partial charge in [-0.05, 0) is 36.5 Å². The summed E-state index contributed by atoms with van der Waals surface area (Å²) in [5.41, 5.74) is 4.45. The van der Waals surface area contributed by atoms with Crippen molar-refractivity contribution >= 4 is 22.9 Å². The number of hydrogen-bond acceptors (Lipinski definition) is 3. The van der Waals surface area contributed by atoms with E-state index in [-0.39, 0.29) is 5.91 Å². The topological polar surface area (TPSA) is 42.0 Å². The maximum Gasteiger partial charge on any atom is 0.275 e. The number of rotatable bonds is 3. The summed E-state index contributed by atoms with van der Waals surface area (Å²) < 4.78 is 0. The molecule has 0 unspecified atom stereocenters. The fourth-order valence-corrected chi connectivity index (χ4v) is 4.74. The fraction of sp³-hybridized carbons (Fsp3) is 0.583. The van der Waals surface area contributed by atoms with Crippen LogP contribution in [0.5, 0.6) is 0 Å². The molecule has 1 fully saturated rings. The maximum atomic E-state index is 12.2. The lowest BCUT2D eigenvalue weighted by Gasteiger charge is -2.18. The van der Waals surface area contributed by atoms with Crippen molar-refractivity contribution in [3.63, 3.8) is 0 Å². The van der Waals surface area contributed by atoms with Crippen LogP contribution >= 0.6 is 11.3 Å². The Labute approximate surface area is 174 Å². The normalized spacial score (nSPS) is 18.3. The lowest BCUT2D eigenvalue weighted by atomic mass is 9.87. The fourth-order valence-electron chi connectivity index (χ4n) is 4.21. The van der Waals surface area contributed by atoms with Gasteiger partial charge in [-0.15, -0.1) is 11.3 Å². The van der Waals surface area contributed by atoms with Crippen LogP contribution in [0.2, 0.25) is 0 Å². The summed E-state index contributed by atoms with van der Waals surface area (Å²) in [4.78, 5) is 16.2. The van der Waals surface area contributed by atoms with E-state index >= 15 is 0 Å². The van der Waals surface area contributed by atoms with Crippen LogP contribution in [-0.4, -0.2) is 10.9 Å². The monoisotopic (exact) mass is 398 g/mol. The lowest BCUT2D eigenvalue weighted by Crippen LogP contribution is -2.12. The van der Waals surface area contributed by atoms with Gasteiger partial charge in [0.1, 0.15) is 5.69 Å². The molecule has 0 radical (unpaired) electrons. The highest BCUT2D eigenvalue weighted by Crippen LogP contribution is 2.30. The van der Waals surface area contributed by atoms with Crippen LogP contribution < -0.4 is 5.32 Å². The van der Waals surface area contributed by atoms with Crippen molar-refractivity contribution in [1.29, 1.82) is 0 Å². The van der Waals surface area contributed by atoms with E-state index in [9.17, 15) is 4.79 Å². The van der Waals surface area contributed by atoms with Gasteiger partial charge in [0.15, 0.2) is 0 Å². The zero-order chi connectivity index (χ0) is 19.4. The Morgan fingerprint density at radius 1 is 0.821 bits per heavy atom. The van der Waals surface area contributed by atoms with Crippen molar-refractivity contribution in [3.8, 4) is 0 Å². The molecule has 1 saturated carbocycles. The molecule has 0 saturated heterocycles. The first-order chi connectivity index (χ1) is 13.8. The smallest absolute Gasteiger partial charge is 0.275 e. The van der Waals surface area contributed by atoms with E-state index in [2.05, 4.69) is 22.4 Å². The van der Waals surface area contributed by atoms with E-state index < -0.39 is 0 Å². The average molecular weight is 399 g/mol. The number of benzene rings is 1. The third-order valence-electron chi connectivity index (χ3n) is 5.91. The molecule has 28 heavy (non-hydrogen) atoms. The van der Waals surface area contributed by atoms with E-state index in [0.29, 0.717) is 11.6 Å². The zero-order valence-electron chi connectivity index (χ0n) is 17.0. The van der Waals surface area contributed by atoms with Crippen LogP contribution in [0, 0.1) is 0 Å². The molecule has 2 aromatic rings. The Balaban J connectivity index is 1.56. The molecule has 0 atom stereocenters. The molecule has 0 aliphatic heterocycles. The van der Waals surface area contributed by atoms with Crippen LogP contribution in [0.3, 0.4) is 0 Å². The van der Waals surface area contributed by atoms with Crippen molar-refractivity contribution in [3.05, 3.63) is 46.4 Å². The first-order valence-electron chi connectivity index (χ1n) is 11.1. The van der Waals surface area contributed by atoms with Gasteiger partial charge in [0.05, 0.1) is 5.51 Å². The van der Waals surface area contributed by atoms with Gasteiger partial charge >= 0.3 is 0 Å². The second-order valence-electron chi connectivity index (χ2n) is 8.11. The van der Waals surface area contributed by atoms with Crippen LogP contribution in [0.25, 0.3) is 0 Å². The molecule has 152 valence electrons. The molecule has 1 aromatic heterocycles. The number of carbonyl (C=O) groups excluding carboxylic acids is 1. The predicted molar refractivity (Wildman–Crippen MR) is 119 cm³/mol. The summed E-state index contributed by atoms with van der Waals surface area (Å²) in [6.07, 6.45) is 17.9. The summed E-state index contributed by atoms with van der Waals surface area (Å²) in [5, 5.41) is 4.72. The van der Waals surface area contributed by atoms with Gasteiger partial charge in [-0.3, -0.25) is 4.79 Å². The van der Waals surface area contributed by atoms with E-state index in [1.807, 2.05) is 12.1 Å². The van der Waals surface area contributed by atoms with Crippen LogP contribution in [0.1, 0.15) is 105 Å². The van der Waals surface area contributed by atoms with E-state index in [4.69, 9.17) is 0 Å². The molecule has 1 heterocycles. The first-order valence-corrected chi connectivity index (χ1v) is 12.1. The number of hydrogen-bond donors (Lipinski definition) is 1. The van der Waals surface area contributed by atoms with Gasteiger partial charge in [-0.2, -0.15) is 0 Å². The molecule has 0 bridgehead atoms. The summed E-state index contributed by atoms with van der Waals surface area (Å²) in [5.74, 6) is 0.526. The van der Waals surface area contributed by atoms with E-state index in [0.717, 1.165) is 5.69 Å². The number of thiazole rings is 1. The SMILES string of the molecule is O=C(Nc1ccc(C2CCCCCCCCCCCCC2)cc1)c1cscn1. The number of aromatic nitrogens is 1. The predicted octanol–water partition coefficient (Wildman–Crippen LogP) is 7.56. The molecule has 4 heteroatoms. The molecule has 1 aromatic carbocycles. The summed E-state index contributed by atoms with van der Waals surface area (Å²) in [6, 6.07) is 8.52. The minimum atomic E-state index is -0.132. The third kappa shape index (κ3) is 7.05. The Morgan fingerprint density at radius 3 is 1.86 bits per heavy atom. The second kappa shape index (κ2) is 12.0. The number of anilines is 1. The lowest BCUT2D eigenvalue weighted by molar-refractivity contribution is 0.102. The third-order valence-corrected chi connectivity index (χ3v) is 6.50. The van der Waals surface area contributed by atoms with Gasteiger partial charge < -0.3 is 5.32 Å². The highest BCUT2D eigenvalue weighted by molar-refractivity contribution is 7.07. The summed E-state index contributed by atoms with van der Waals surface area (Å²) in [6.45, 7) is 0. The van der Waals surface area contributed by atoms with Gasteiger partial charge in [-0.25, -0.2) is 4.98 Å². The first kappa shape index (κ1) is 21.0. The van der Waals surface area contributed by atoms with Crippen molar-refractivity contribution in [2.45, 2.75) is 89.4 Å². The van der Waals surface area contributed by atoms with E-state index in [1.165, 1.54) is 100 Å².